The van der Waals surface area contributed by atoms with Gasteiger partial charge < -0.3 is 14.6 Å². The summed E-state index contributed by atoms with van der Waals surface area (Å²) in [7, 11) is 0. The molecule has 1 fully saturated rings. The van der Waals surface area contributed by atoms with Gasteiger partial charge in [0, 0.05) is 37.4 Å². The number of nitrogens with zero attached hydrogens (tertiary/aromatic N) is 3. The number of fused-ring (bicyclic) bond motifs is 1. The van der Waals surface area contributed by atoms with Gasteiger partial charge in [-0.15, -0.1) is 0 Å². The van der Waals surface area contributed by atoms with Crippen LogP contribution in [0.1, 0.15) is 17.7 Å². The van der Waals surface area contributed by atoms with E-state index in [2.05, 4.69) is 10.2 Å². The summed E-state index contributed by atoms with van der Waals surface area (Å²) in [6.07, 6.45) is 5.03. The van der Waals surface area contributed by atoms with Gasteiger partial charge in [0.1, 0.15) is 5.82 Å². The summed E-state index contributed by atoms with van der Waals surface area (Å²) in [4.78, 5) is 11.9. The van der Waals surface area contributed by atoms with Crippen molar-refractivity contribution in [2.24, 2.45) is 0 Å². The fourth-order valence-electron chi connectivity index (χ4n) is 3.07. The average Bonchev–Trinajstić information content (AvgIpc) is 3.18. The summed E-state index contributed by atoms with van der Waals surface area (Å²) in [6, 6.07) is 3.81. The number of anilines is 1. The minimum absolute atomic E-state index is 0.726. The minimum atomic E-state index is 0.726. The molecule has 0 radical (unpaired) electrons. The largest absolute Gasteiger partial charge is 0.461 e. The van der Waals surface area contributed by atoms with Gasteiger partial charge in [0.25, 0.3) is 0 Å². The first-order valence-electron chi connectivity index (χ1n) is 7.31. The lowest BCUT2D eigenvalue weighted by molar-refractivity contribution is 0.572. The van der Waals surface area contributed by atoms with E-state index in [1.54, 1.807) is 6.26 Å². The predicted molar refractivity (Wildman–Crippen MR) is 76.8 cm³/mol. The minimum Gasteiger partial charge on any atom is -0.461 e. The van der Waals surface area contributed by atoms with Crippen molar-refractivity contribution in [2.75, 3.05) is 31.1 Å². The Kier molecular flexibility index (Phi) is 2.92. The highest BCUT2D eigenvalue weighted by atomic mass is 16.3. The highest BCUT2D eigenvalue weighted by molar-refractivity contribution is 5.58. The van der Waals surface area contributed by atoms with Crippen molar-refractivity contribution in [2.45, 2.75) is 19.3 Å². The summed E-state index contributed by atoms with van der Waals surface area (Å²) < 4.78 is 5.47. The second kappa shape index (κ2) is 4.90. The van der Waals surface area contributed by atoms with Crippen LogP contribution >= 0.6 is 0 Å². The fourth-order valence-corrected chi connectivity index (χ4v) is 3.07. The number of rotatable bonds is 2. The maximum absolute atomic E-state index is 5.47. The smallest absolute Gasteiger partial charge is 0.197 e. The van der Waals surface area contributed by atoms with E-state index in [9.17, 15) is 0 Å². The van der Waals surface area contributed by atoms with Crippen LogP contribution in [0.5, 0.6) is 0 Å². The maximum atomic E-state index is 5.47. The molecule has 1 aliphatic carbocycles. The van der Waals surface area contributed by atoms with Crippen molar-refractivity contribution in [1.29, 1.82) is 0 Å². The molecule has 1 N–H and O–H groups in total. The Morgan fingerprint density at radius 2 is 2.05 bits per heavy atom. The van der Waals surface area contributed by atoms with Crippen LogP contribution in [0.15, 0.2) is 22.8 Å². The Labute approximate surface area is 118 Å². The van der Waals surface area contributed by atoms with Crippen molar-refractivity contribution in [3.63, 3.8) is 0 Å². The fraction of sp³-hybridized carbons (Fsp3) is 0.467. The SMILES string of the molecule is c1coc(-c2nc3c(c(N4CCNCC4)n2)CCC3)c1. The zero-order valence-corrected chi connectivity index (χ0v) is 11.4. The van der Waals surface area contributed by atoms with E-state index in [1.807, 2.05) is 12.1 Å². The molecule has 0 unspecified atom stereocenters. The Bertz CT molecular complexity index is 603. The summed E-state index contributed by atoms with van der Waals surface area (Å²) in [5, 5.41) is 3.39. The molecule has 0 bridgehead atoms. The molecule has 5 heteroatoms. The molecule has 0 aromatic carbocycles. The van der Waals surface area contributed by atoms with E-state index in [0.29, 0.717) is 0 Å². The van der Waals surface area contributed by atoms with Crippen LogP contribution in [0, 0.1) is 0 Å². The van der Waals surface area contributed by atoms with Crippen LogP contribution in [0.4, 0.5) is 5.82 Å². The zero-order chi connectivity index (χ0) is 13.4. The molecule has 104 valence electrons. The first kappa shape index (κ1) is 11.9. The highest BCUT2D eigenvalue weighted by Crippen LogP contribution is 2.31. The molecule has 5 nitrogen and oxygen atoms in total. The average molecular weight is 270 g/mol. The molecule has 0 amide bonds. The van der Waals surface area contributed by atoms with Crippen molar-refractivity contribution in [3.8, 4) is 11.6 Å². The standard InChI is InChI=1S/C15H18N4O/c1-3-11-12(4-1)17-14(13-5-2-10-20-13)18-15(11)19-8-6-16-7-9-19/h2,5,10,16H,1,3-4,6-9H2. The Balaban J connectivity index is 1.80. The molecule has 20 heavy (non-hydrogen) atoms. The molecular weight excluding hydrogens is 252 g/mol. The molecule has 3 heterocycles. The zero-order valence-electron chi connectivity index (χ0n) is 11.4. The third-order valence-electron chi connectivity index (χ3n) is 4.07. The van der Waals surface area contributed by atoms with E-state index in [-0.39, 0.29) is 0 Å². The Morgan fingerprint density at radius 1 is 1.15 bits per heavy atom. The van der Waals surface area contributed by atoms with Crippen molar-refractivity contribution in [1.82, 2.24) is 15.3 Å². The first-order valence-corrected chi connectivity index (χ1v) is 7.31. The van der Waals surface area contributed by atoms with Gasteiger partial charge in [-0.25, -0.2) is 9.97 Å². The number of hydrogen-bond acceptors (Lipinski definition) is 5. The van der Waals surface area contributed by atoms with E-state index < -0.39 is 0 Å². The molecule has 4 rings (SSSR count). The van der Waals surface area contributed by atoms with Gasteiger partial charge in [-0.1, -0.05) is 0 Å². The van der Waals surface area contributed by atoms with Crippen LogP contribution in [0.3, 0.4) is 0 Å². The molecule has 0 atom stereocenters. The van der Waals surface area contributed by atoms with Crippen molar-refractivity contribution < 1.29 is 4.42 Å². The van der Waals surface area contributed by atoms with E-state index in [4.69, 9.17) is 14.4 Å². The predicted octanol–water partition coefficient (Wildman–Crippen LogP) is 1.63. The van der Waals surface area contributed by atoms with Gasteiger partial charge in [0.15, 0.2) is 11.6 Å². The number of furan rings is 1. The molecule has 0 spiro atoms. The van der Waals surface area contributed by atoms with Gasteiger partial charge in [0.2, 0.25) is 0 Å². The van der Waals surface area contributed by atoms with Crippen molar-refractivity contribution in [3.05, 3.63) is 29.7 Å². The number of nitrogens with one attached hydrogen (secondary N) is 1. The van der Waals surface area contributed by atoms with Gasteiger partial charge in [0.05, 0.1) is 6.26 Å². The van der Waals surface area contributed by atoms with Gasteiger partial charge in [-0.3, -0.25) is 0 Å². The molecule has 2 aromatic rings. The first-order chi connectivity index (χ1) is 9.92. The van der Waals surface area contributed by atoms with E-state index >= 15 is 0 Å². The monoisotopic (exact) mass is 270 g/mol. The van der Waals surface area contributed by atoms with Crippen LogP contribution in [-0.4, -0.2) is 36.1 Å². The summed E-state index contributed by atoms with van der Waals surface area (Å²) in [5.41, 5.74) is 2.56. The third-order valence-corrected chi connectivity index (χ3v) is 4.07. The summed E-state index contributed by atoms with van der Waals surface area (Å²) >= 11 is 0. The number of aromatic nitrogens is 2. The van der Waals surface area contributed by atoms with Crippen LogP contribution in [0.25, 0.3) is 11.6 Å². The topological polar surface area (TPSA) is 54.2 Å². The molecule has 2 aliphatic rings. The van der Waals surface area contributed by atoms with E-state index in [1.165, 1.54) is 17.7 Å². The van der Waals surface area contributed by atoms with Crippen LogP contribution < -0.4 is 10.2 Å². The number of piperazine rings is 1. The van der Waals surface area contributed by atoms with Gasteiger partial charge in [-0.05, 0) is 31.4 Å². The molecular formula is C15H18N4O. The quantitative estimate of drug-likeness (QED) is 0.899. The lowest BCUT2D eigenvalue weighted by Gasteiger charge is -2.30. The normalized spacial score (nSPS) is 18.3. The molecule has 0 saturated carbocycles. The second-order valence-corrected chi connectivity index (χ2v) is 5.36. The Morgan fingerprint density at radius 3 is 2.85 bits per heavy atom. The molecule has 1 saturated heterocycles. The Hall–Kier alpha value is -1.88. The van der Waals surface area contributed by atoms with Gasteiger partial charge in [-0.2, -0.15) is 0 Å². The van der Waals surface area contributed by atoms with Crippen LogP contribution in [0.2, 0.25) is 0 Å². The molecule has 2 aromatic heterocycles. The lowest BCUT2D eigenvalue weighted by atomic mass is 10.2. The molecule has 1 aliphatic heterocycles. The van der Waals surface area contributed by atoms with Gasteiger partial charge >= 0.3 is 0 Å². The van der Waals surface area contributed by atoms with Crippen LogP contribution in [-0.2, 0) is 12.8 Å². The second-order valence-electron chi connectivity index (χ2n) is 5.36. The summed E-state index contributed by atoms with van der Waals surface area (Å²) in [6.45, 7) is 4.08. The highest BCUT2D eigenvalue weighted by Gasteiger charge is 2.24. The number of aryl methyl sites for hydroxylation is 1. The van der Waals surface area contributed by atoms with Crippen molar-refractivity contribution >= 4 is 5.82 Å². The number of hydrogen-bond donors (Lipinski definition) is 1. The maximum Gasteiger partial charge on any atom is 0.197 e. The third kappa shape index (κ3) is 1.98. The lowest BCUT2D eigenvalue weighted by Crippen LogP contribution is -2.44. The summed E-state index contributed by atoms with van der Waals surface area (Å²) in [5.74, 6) is 2.61. The van der Waals surface area contributed by atoms with E-state index in [0.717, 1.165) is 56.4 Å².